The molecule has 1 aliphatic rings. The van der Waals surface area contributed by atoms with Crippen molar-refractivity contribution in [2.45, 2.75) is 19.4 Å². The largest absolute Gasteiger partial charge is 0.484 e. The Kier molecular flexibility index (Phi) is 4.58. The fourth-order valence-corrected chi connectivity index (χ4v) is 2.96. The molecular weight excluding hydrogens is 300 g/mol. The summed E-state index contributed by atoms with van der Waals surface area (Å²) in [6, 6.07) is 7.70. The van der Waals surface area contributed by atoms with Crippen molar-refractivity contribution >= 4 is 17.2 Å². The molecule has 5 nitrogen and oxygen atoms in total. The van der Waals surface area contributed by atoms with E-state index >= 15 is 0 Å². The topological polar surface area (TPSA) is 51.7 Å². The number of nitrogens with zero attached hydrogens (tertiary/aromatic N) is 2. The summed E-state index contributed by atoms with van der Waals surface area (Å²) < 4.78 is 11.3. The molecule has 1 atom stereocenters. The average Bonchev–Trinajstić information content (AvgIpc) is 3.17. The van der Waals surface area contributed by atoms with E-state index in [0.717, 1.165) is 17.7 Å². The second kappa shape index (κ2) is 6.79. The van der Waals surface area contributed by atoms with Gasteiger partial charge in [-0.15, -0.1) is 0 Å². The Morgan fingerprint density at radius 1 is 1.50 bits per heavy atom. The molecule has 1 aromatic heterocycles. The predicted octanol–water partition coefficient (Wildman–Crippen LogP) is 2.51. The van der Waals surface area contributed by atoms with Crippen molar-refractivity contribution in [2.24, 2.45) is 0 Å². The number of benzene rings is 1. The maximum Gasteiger partial charge on any atom is 0.273 e. The molecule has 2 heterocycles. The van der Waals surface area contributed by atoms with Crippen LogP contribution in [0.3, 0.4) is 0 Å². The Hall–Kier alpha value is -2.08. The van der Waals surface area contributed by atoms with E-state index in [-0.39, 0.29) is 18.6 Å². The lowest BCUT2D eigenvalue weighted by atomic mass is 10.2. The Morgan fingerprint density at radius 3 is 3.18 bits per heavy atom. The van der Waals surface area contributed by atoms with Crippen molar-refractivity contribution in [3.05, 3.63) is 41.4 Å². The minimum Gasteiger partial charge on any atom is -0.484 e. The normalized spacial score (nSPS) is 17.5. The molecular formula is C16H18N2O3S. The number of aryl methyl sites for hydroxylation is 1. The van der Waals surface area contributed by atoms with Gasteiger partial charge in [0.15, 0.2) is 6.61 Å². The van der Waals surface area contributed by atoms with Gasteiger partial charge in [-0.3, -0.25) is 4.79 Å². The van der Waals surface area contributed by atoms with Crippen LogP contribution in [0.2, 0.25) is 0 Å². The average molecular weight is 318 g/mol. The van der Waals surface area contributed by atoms with Gasteiger partial charge in [0.1, 0.15) is 11.9 Å². The van der Waals surface area contributed by atoms with Crippen LogP contribution in [-0.2, 0) is 4.79 Å². The fourth-order valence-electron chi connectivity index (χ4n) is 2.40. The van der Waals surface area contributed by atoms with Gasteiger partial charge in [-0.05, 0) is 24.6 Å². The second-order valence-electron chi connectivity index (χ2n) is 5.27. The molecule has 1 fully saturated rings. The van der Waals surface area contributed by atoms with E-state index in [4.69, 9.17) is 9.47 Å². The van der Waals surface area contributed by atoms with Gasteiger partial charge >= 0.3 is 0 Å². The SMILES string of the molecule is Cc1cccc(OCC(=O)N2CCC(Oc3nccs3)C2)c1. The number of likely N-dealkylation sites (tertiary alicyclic amines) is 1. The number of ether oxygens (including phenoxy) is 2. The molecule has 0 aliphatic carbocycles. The van der Waals surface area contributed by atoms with Crippen LogP contribution in [0.1, 0.15) is 12.0 Å². The third kappa shape index (κ3) is 3.76. The monoisotopic (exact) mass is 318 g/mol. The Balaban J connectivity index is 1.47. The summed E-state index contributed by atoms with van der Waals surface area (Å²) in [5.74, 6) is 0.717. The number of carbonyl (C=O) groups excluding carboxylic acids is 1. The highest BCUT2D eigenvalue weighted by Crippen LogP contribution is 2.20. The summed E-state index contributed by atoms with van der Waals surface area (Å²) in [4.78, 5) is 18.1. The lowest BCUT2D eigenvalue weighted by molar-refractivity contribution is -0.132. The summed E-state index contributed by atoms with van der Waals surface area (Å²) in [5.41, 5.74) is 1.11. The molecule has 1 aromatic carbocycles. The lowest BCUT2D eigenvalue weighted by Gasteiger charge is -2.17. The number of hydrogen-bond donors (Lipinski definition) is 0. The van der Waals surface area contributed by atoms with Crippen LogP contribution < -0.4 is 9.47 Å². The van der Waals surface area contributed by atoms with Crippen LogP contribution >= 0.6 is 11.3 Å². The standard InChI is InChI=1S/C16H18N2O3S/c1-12-3-2-4-13(9-12)20-11-15(19)18-7-5-14(10-18)21-16-17-6-8-22-16/h2-4,6,8-9,14H,5,7,10-11H2,1H3. The van der Waals surface area contributed by atoms with Gasteiger partial charge in [0.25, 0.3) is 11.1 Å². The third-order valence-electron chi connectivity index (χ3n) is 3.53. The molecule has 116 valence electrons. The van der Waals surface area contributed by atoms with Crippen molar-refractivity contribution in [3.63, 3.8) is 0 Å². The molecule has 1 saturated heterocycles. The summed E-state index contributed by atoms with van der Waals surface area (Å²) in [6.07, 6.45) is 2.57. The number of thiazole rings is 1. The number of amides is 1. The van der Waals surface area contributed by atoms with E-state index < -0.39 is 0 Å². The number of hydrogen-bond acceptors (Lipinski definition) is 5. The van der Waals surface area contributed by atoms with Gasteiger partial charge in [0.05, 0.1) is 6.54 Å². The predicted molar refractivity (Wildman–Crippen MR) is 84.4 cm³/mol. The number of carbonyl (C=O) groups is 1. The first-order chi connectivity index (χ1) is 10.7. The van der Waals surface area contributed by atoms with Crippen molar-refractivity contribution in [3.8, 4) is 10.9 Å². The van der Waals surface area contributed by atoms with E-state index in [1.807, 2.05) is 36.6 Å². The molecule has 0 spiro atoms. The molecule has 22 heavy (non-hydrogen) atoms. The summed E-state index contributed by atoms with van der Waals surface area (Å²) in [6.45, 7) is 3.35. The van der Waals surface area contributed by atoms with Crippen molar-refractivity contribution < 1.29 is 14.3 Å². The van der Waals surface area contributed by atoms with Crippen LogP contribution in [0, 0.1) is 6.92 Å². The van der Waals surface area contributed by atoms with Crippen LogP contribution in [0.4, 0.5) is 0 Å². The molecule has 6 heteroatoms. The lowest BCUT2D eigenvalue weighted by Crippen LogP contribution is -2.34. The highest BCUT2D eigenvalue weighted by atomic mass is 32.1. The zero-order valence-electron chi connectivity index (χ0n) is 12.4. The van der Waals surface area contributed by atoms with E-state index in [0.29, 0.717) is 18.3 Å². The van der Waals surface area contributed by atoms with Crippen LogP contribution in [-0.4, -0.2) is 41.6 Å². The molecule has 1 unspecified atom stereocenters. The minimum absolute atomic E-state index is 0.00764. The maximum atomic E-state index is 12.2. The Morgan fingerprint density at radius 2 is 2.41 bits per heavy atom. The van der Waals surface area contributed by atoms with E-state index in [1.165, 1.54) is 11.3 Å². The van der Waals surface area contributed by atoms with Gasteiger partial charge in [0, 0.05) is 24.5 Å². The fraction of sp³-hybridized carbons (Fsp3) is 0.375. The van der Waals surface area contributed by atoms with Gasteiger partial charge in [-0.1, -0.05) is 23.5 Å². The van der Waals surface area contributed by atoms with E-state index in [1.54, 1.807) is 11.1 Å². The zero-order valence-corrected chi connectivity index (χ0v) is 13.2. The molecule has 0 saturated carbocycles. The quantitative estimate of drug-likeness (QED) is 0.850. The van der Waals surface area contributed by atoms with Gasteiger partial charge < -0.3 is 14.4 Å². The maximum absolute atomic E-state index is 12.2. The first kappa shape index (κ1) is 14.8. The smallest absolute Gasteiger partial charge is 0.273 e. The first-order valence-electron chi connectivity index (χ1n) is 7.24. The zero-order chi connectivity index (χ0) is 15.4. The summed E-state index contributed by atoms with van der Waals surface area (Å²) in [7, 11) is 0. The molecule has 1 amide bonds. The molecule has 3 rings (SSSR count). The van der Waals surface area contributed by atoms with Gasteiger partial charge in [0.2, 0.25) is 0 Å². The number of aromatic nitrogens is 1. The van der Waals surface area contributed by atoms with Crippen LogP contribution in [0.5, 0.6) is 10.9 Å². The van der Waals surface area contributed by atoms with E-state index in [9.17, 15) is 4.79 Å². The molecule has 0 N–H and O–H groups in total. The van der Waals surface area contributed by atoms with Crippen LogP contribution in [0.15, 0.2) is 35.8 Å². The van der Waals surface area contributed by atoms with Gasteiger partial charge in [-0.25, -0.2) is 4.98 Å². The van der Waals surface area contributed by atoms with Crippen molar-refractivity contribution in [2.75, 3.05) is 19.7 Å². The van der Waals surface area contributed by atoms with Crippen LogP contribution in [0.25, 0.3) is 0 Å². The van der Waals surface area contributed by atoms with Crippen molar-refractivity contribution in [1.82, 2.24) is 9.88 Å². The van der Waals surface area contributed by atoms with E-state index in [2.05, 4.69) is 4.98 Å². The first-order valence-corrected chi connectivity index (χ1v) is 8.12. The molecule has 0 radical (unpaired) electrons. The highest BCUT2D eigenvalue weighted by molar-refractivity contribution is 7.11. The van der Waals surface area contributed by atoms with Gasteiger partial charge in [-0.2, -0.15) is 0 Å². The molecule has 2 aromatic rings. The number of rotatable bonds is 5. The second-order valence-corrected chi connectivity index (χ2v) is 6.13. The molecule has 1 aliphatic heterocycles. The third-order valence-corrected chi connectivity index (χ3v) is 4.19. The highest BCUT2D eigenvalue weighted by Gasteiger charge is 2.28. The summed E-state index contributed by atoms with van der Waals surface area (Å²) >= 11 is 1.47. The molecule has 0 bridgehead atoms. The minimum atomic E-state index is -0.00764. The Bertz CT molecular complexity index is 630. The summed E-state index contributed by atoms with van der Waals surface area (Å²) in [5, 5.41) is 2.54. The van der Waals surface area contributed by atoms with Crippen molar-refractivity contribution in [1.29, 1.82) is 0 Å². The Labute approximate surface area is 133 Å².